The Morgan fingerprint density at radius 3 is 2.37 bits per heavy atom. The first-order valence-electron chi connectivity index (χ1n) is 14.3. The molecule has 1 fully saturated rings. The van der Waals surface area contributed by atoms with E-state index in [2.05, 4.69) is 38.3 Å². The fraction of sp³-hybridized carbons (Fsp3) is 0.467. The van der Waals surface area contributed by atoms with Crippen molar-refractivity contribution < 1.29 is 22.7 Å². The van der Waals surface area contributed by atoms with Crippen LogP contribution in [0.3, 0.4) is 0 Å². The van der Waals surface area contributed by atoms with Gasteiger partial charge in [0.1, 0.15) is 5.70 Å². The number of benzene rings is 2. The van der Waals surface area contributed by atoms with Gasteiger partial charge in [0, 0.05) is 12.1 Å². The summed E-state index contributed by atoms with van der Waals surface area (Å²) in [6.07, 6.45) is 4.84. The van der Waals surface area contributed by atoms with Crippen LogP contribution in [0.5, 0.6) is 5.75 Å². The number of hydrogen-bond donors (Lipinski definition) is 5. The number of hydrogen-bond acceptors (Lipinski definition) is 9. The summed E-state index contributed by atoms with van der Waals surface area (Å²) in [7, 11) is -0.0820. The fourth-order valence-corrected chi connectivity index (χ4v) is 5.56. The number of piperidine rings is 1. The molecule has 0 spiro atoms. The molecule has 0 bridgehead atoms. The number of carbonyl (C=O) groups excluding carboxylic acids is 2. The van der Waals surface area contributed by atoms with Crippen LogP contribution in [0, 0.1) is 12.8 Å². The Bertz CT molecular complexity index is 1510. The zero-order valence-corrected chi connectivity index (χ0v) is 26.7. The Morgan fingerprint density at radius 2 is 1.74 bits per heavy atom. The number of likely N-dealkylation sites (tertiary alicyclic amines) is 1. The standard InChI is InChI=1S/C30H43N7O5S/c1-19-8-9-21(14-26(19)37-18-25(33-35-37)29(39)31-17-20-10-12-36(5)13-11-20)28(38)32-23-15-22(30(2,3)4)16-24(27(23)42-6)34-43(7,40)41/h8-9,14-16,18,20,33-35H,10-13,17H2,1-7H3,(H,31,39)(H,32,38). The molecule has 0 aliphatic carbocycles. The Hall–Kier alpha value is -3.81. The van der Waals surface area contributed by atoms with E-state index in [4.69, 9.17) is 4.74 Å². The number of aryl methyl sites for hydroxylation is 1. The van der Waals surface area contributed by atoms with Gasteiger partial charge in [0.15, 0.2) is 5.75 Å². The van der Waals surface area contributed by atoms with Crippen LogP contribution in [0.4, 0.5) is 17.1 Å². The number of amides is 2. The van der Waals surface area contributed by atoms with Gasteiger partial charge in [0.25, 0.3) is 11.8 Å². The lowest BCUT2D eigenvalue weighted by Crippen LogP contribution is -2.41. The first-order chi connectivity index (χ1) is 20.1. The molecule has 0 atom stereocenters. The van der Waals surface area contributed by atoms with E-state index in [1.54, 1.807) is 35.5 Å². The molecular weight excluding hydrogens is 570 g/mol. The highest BCUT2D eigenvalue weighted by molar-refractivity contribution is 7.92. The third kappa shape index (κ3) is 8.18. The molecule has 2 amide bonds. The van der Waals surface area contributed by atoms with Gasteiger partial charge in [0.2, 0.25) is 10.0 Å². The Balaban J connectivity index is 1.53. The molecule has 234 valence electrons. The highest BCUT2D eigenvalue weighted by atomic mass is 32.2. The highest BCUT2D eigenvalue weighted by Gasteiger charge is 2.25. The molecule has 0 unspecified atom stereocenters. The van der Waals surface area contributed by atoms with Crippen LogP contribution in [-0.2, 0) is 20.2 Å². The number of rotatable bonds is 9. The number of carbonyl (C=O) groups is 2. The van der Waals surface area contributed by atoms with Crippen LogP contribution in [0.25, 0.3) is 0 Å². The number of ether oxygens (including phenoxy) is 1. The van der Waals surface area contributed by atoms with Gasteiger partial charge in [-0.3, -0.25) is 24.7 Å². The number of hydrazine groups is 2. The minimum atomic E-state index is -3.61. The molecule has 0 aromatic heterocycles. The average Bonchev–Trinajstić information content (AvgIpc) is 3.41. The fourth-order valence-electron chi connectivity index (χ4n) is 5.01. The number of nitrogens with zero attached hydrogens (tertiary/aromatic N) is 2. The summed E-state index contributed by atoms with van der Waals surface area (Å²) in [5, 5.41) is 7.58. The number of anilines is 3. The van der Waals surface area contributed by atoms with Gasteiger partial charge < -0.3 is 20.3 Å². The Morgan fingerprint density at radius 1 is 1.07 bits per heavy atom. The van der Waals surface area contributed by atoms with Crippen LogP contribution in [0.1, 0.15) is 55.1 Å². The van der Waals surface area contributed by atoms with Crippen LogP contribution in [-0.4, -0.2) is 65.2 Å². The molecule has 2 aliphatic heterocycles. The van der Waals surface area contributed by atoms with Crippen molar-refractivity contribution in [1.29, 1.82) is 0 Å². The van der Waals surface area contributed by atoms with E-state index in [0.29, 0.717) is 35.1 Å². The summed E-state index contributed by atoms with van der Waals surface area (Å²) in [5.41, 5.74) is 9.21. The summed E-state index contributed by atoms with van der Waals surface area (Å²) in [5.74, 6) is 0.0425. The summed E-state index contributed by atoms with van der Waals surface area (Å²) in [6.45, 7) is 10.6. The summed E-state index contributed by atoms with van der Waals surface area (Å²) >= 11 is 0. The predicted octanol–water partition coefficient (Wildman–Crippen LogP) is 3.05. The lowest BCUT2D eigenvalue weighted by atomic mass is 9.86. The monoisotopic (exact) mass is 613 g/mol. The second-order valence-corrected chi connectivity index (χ2v) is 14.0. The molecule has 2 aromatic rings. The van der Waals surface area contributed by atoms with Gasteiger partial charge in [-0.2, -0.15) is 0 Å². The zero-order chi connectivity index (χ0) is 31.5. The topological polar surface area (TPSA) is 144 Å². The van der Waals surface area contributed by atoms with Crippen molar-refractivity contribution in [2.24, 2.45) is 5.92 Å². The SMILES string of the molecule is COc1c(NC(=O)c2ccc(C)c(N3C=C(C(=O)NCC4CCN(C)CC4)NN3)c2)cc(C(C)(C)C)cc1NS(C)(=O)=O. The van der Waals surface area contributed by atoms with Gasteiger partial charge in [-0.05, 0) is 86.6 Å². The van der Waals surface area contributed by atoms with Crippen molar-refractivity contribution in [1.82, 2.24) is 21.2 Å². The van der Waals surface area contributed by atoms with E-state index < -0.39 is 15.9 Å². The quantitative estimate of drug-likeness (QED) is 0.288. The van der Waals surface area contributed by atoms with Crippen LogP contribution < -0.4 is 36.1 Å². The highest BCUT2D eigenvalue weighted by Crippen LogP contribution is 2.39. The van der Waals surface area contributed by atoms with E-state index in [-0.39, 0.29) is 22.8 Å². The molecule has 12 nitrogen and oxygen atoms in total. The number of methoxy groups -OCH3 is 1. The molecule has 2 heterocycles. The summed E-state index contributed by atoms with van der Waals surface area (Å²) < 4.78 is 32.2. The minimum Gasteiger partial charge on any atom is -0.492 e. The van der Waals surface area contributed by atoms with Crippen molar-refractivity contribution in [3.05, 3.63) is 58.9 Å². The van der Waals surface area contributed by atoms with Crippen molar-refractivity contribution in [3.63, 3.8) is 0 Å². The van der Waals surface area contributed by atoms with Gasteiger partial charge in [-0.25, -0.2) is 8.42 Å². The second-order valence-electron chi connectivity index (χ2n) is 12.3. The smallest absolute Gasteiger partial charge is 0.270 e. The molecule has 2 aromatic carbocycles. The average molecular weight is 614 g/mol. The maximum atomic E-state index is 13.5. The molecule has 13 heteroatoms. The lowest BCUT2D eigenvalue weighted by Gasteiger charge is -2.28. The third-order valence-corrected chi connectivity index (χ3v) is 8.23. The minimum absolute atomic E-state index is 0.198. The maximum Gasteiger partial charge on any atom is 0.270 e. The van der Waals surface area contributed by atoms with Crippen molar-refractivity contribution in [2.75, 3.05) is 55.1 Å². The van der Waals surface area contributed by atoms with Crippen molar-refractivity contribution in [2.45, 2.75) is 46.0 Å². The molecule has 43 heavy (non-hydrogen) atoms. The summed E-state index contributed by atoms with van der Waals surface area (Å²) in [4.78, 5) is 28.6. The van der Waals surface area contributed by atoms with E-state index in [1.807, 2.05) is 33.8 Å². The molecule has 4 rings (SSSR count). The van der Waals surface area contributed by atoms with E-state index in [1.165, 1.54) is 7.11 Å². The van der Waals surface area contributed by atoms with E-state index >= 15 is 0 Å². The zero-order valence-electron chi connectivity index (χ0n) is 25.9. The van der Waals surface area contributed by atoms with E-state index in [9.17, 15) is 18.0 Å². The van der Waals surface area contributed by atoms with Crippen LogP contribution >= 0.6 is 0 Å². The van der Waals surface area contributed by atoms with Crippen LogP contribution in [0.2, 0.25) is 0 Å². The molecular formula is C30H43N7O5S. The van der Waals surface area contributed by atoms with Gasteiger partial charge >= 0.3 is 0 Å². The number of sulfonamides is 1. The molecule has 1 saturated heterocycles. The molecule has 0 radical (unpaired) electrons. The molecule has 5 N–H and O–H groups in total. The summed E-state index contributed by atoms with van der Waals surface area (Å²) in [6, 6.07) is 8.72. The van der Waals surface area contributed by atoms with Crippen molar-refractivity contribution in [3.8, 4) is 5.75 Å². The normalized spacial score (nSPS) is 16.3. The van der Waals surface area contributed by atoms with Gasteiger partial charge in [-0.1, -0.05) is 26.8 Å². The second kappa shape index (κ2) is 12.8. The molecule has 0 saturated carbocycles. The van der Waals surface area contributed by atoms with Gasteiger partial charge in [0.05, 0.1) is 36.6 Å². The Labute approximate surface area is 254 Å². The third-order valence-electron chi connectivity index (χ3n) is 7.64. The predicted molar refractivity (Wildman–Crippen MR) is 169 cm³/mol. The lowest BCUT2D eigenvalue weighted by molar-refractivity contribution is -0.118. The Kier molecular flexibility index (Phi) is 9.57. The van der Waals surface area contributed by atoms with Gasteiger partial charge in [-0.15, -0.1) is 5.53 Å². The molecule has 2 aliphatic rings. The number of nitrogens with one attached hydrogen (secondary N) is 5. The largest absolute Gasteiger partial charge is 0.492 e. The van der Waals surface area contributed by atoms with Crippen LogP contribution in [0.15, 0.2) is 42.2 Å². The first-order valence-corrected chi connectivity index (χ1v) is 16.2. The maximum absolute atomic E-state index is 13.5. The first kappa shape index (κ1) is 32.1. The van der Waals surface area contributed by atoms with Crippen molar-refractivity contribution >= 4 is 38.9 Å². The van der Waals surface area contributed by atoms with E-state index in [0.717, 1.165) is 43.3 Å².